The fourth-order valence-electron chi connectivity index (χ4n) is 2.61. The number of allylic oxidation sites excluding steroid dienone is 3. The largest absolute Gasteiger partial charge is 0.573 e. The predicted octanol–water partition coefficient (Wildman–Crippen LogP) is 3.62. The van der Waals surface area contributed by atoms with Gasteiger partial charge in [-0.15, -0.1) is 13.2 Å². The minimum absolute atomic E-state index is 0.198. The van der Waals surface area contributed by atoms with E-state index in [1.165, 1.54) is 41.0 Å². The van der Waals surface area contributed by atoms with E-state index in [0.717, 1.165) is 0 Å². The molecule has 2 aromatic rings. The Hall–Kier alpha value is -3.77. The van der Waals surface area contributed by atoms with E-state index < -0.39 is 24.2 Å². The number of aromatic nitrogens is 1. The Morgan fingerprint density at radius 2 is 1.88 bits per heavy atom. The maximum Gasteiger partial charge on any atom is 0.573 e. The van der Waals surface area contributed by atoms with Gasteiger partial charge >= 0.3 is 18.4 Å². The number of rotatable bonds is 6. The molecule has 0 fully saturated rings. The number of nitrogens with one attached hydrogen (secondary N) is 1. The minimum atomic E-state index is -5.00. The highest BCUT2D eigenvalue weighted by molar-refractivity contribution is 6.02. The number of carbonyl (C=O) groups is 2. The molecular weight excluding hydrogens is 458 g/mol. The lowest BCUT2D eigenvalue weighted by Crippen LogP contribution is -2.38. The van der Waals surface area contributed by atoms with Gasteiger partial charge in [0.1, 0.15) is 11.6 Å². The van der Waals surface area contributed by atoms with Crippen molar-refractivity contribution in [2.24, 2.45) is 10.7 Å². The summed E-state index contributed by atoms with van der Waals surface area (Å²) >= 11 is 0. The first-order valence-electron chi connectivity index (χ1n) is 9.06. The van der Waals surface area contributed by atoms with E-state index in [2.05, 4.69) is 22.0 Å². The van der Waals surface area contributed by atoms with Crippen LogP contribution in [0.25, 0.3) is 10.9 Å². The highest BCUT2D eigenvalue weighted by atomic mass is 19.4. The van der Waals surface area contributed by atoms with E-state index >= 15 is 0 Å². The van der Waals surface area contributed by atoms with Crippen LogP contribution in [-0.4, -0.2) is 48.3 Å². The number of nitrogens with two attached hydrogens (primary N) is 1. The molecule has 0 saturated carbocycles. The Morgan fingerprint density at radius 1 is 1.24 bits per heavy atom. The van der Waals surface area contributed by atoms with Crippen LogP contribution in [0.4, 0.5) is 26.3 Å². The van der Waals surface area contributed by atoms with Crippen molar-refractivity contribution in [2.45, 2.75) is 19.5 Å². The Bertz CT molecular complexity index is 1040. The Labute approximate surface area is 184 Å². The molecule has 0 radical (unpaired) electrons. The van der Waals surface area contributed by atoms with E-state index in [4.69, 9.17) is 4.79 Å². The number of hydrogen-bond acceptors (Lipinski definition) is 4. The van der Waals surface area contributed by atoms with Gasteiger partial charge in [0.2, 0.25) is 6.41 Å². The van der Waals surface area contributed by atoms with Crippen LogP contribution in [0.3, 0.4) is 0 Å². The van der Waals surface area contributed by atoms with Crippen molar-refractivity contribution < 1.29 is 40.7 Å². The third kappa shape index (κ3) is 8.71. The lowest BCUT2D eigenvalue weighted by Gasteiger charge is -2.12. The predicted molar refractivity (Wildman–Crippen MR) is 110 cm³/mol. The van der Waals surface area contributed by atoms with Crippen LogP contribution in [-0.2, 0) is 9.59 Å². The first-order valence-corrected chi connectivity index (χ1v) is 9.06. The zero-order valence-corrected chi connectivity index (χ0v) is 17.2. The van der Waals surface area contributed by atoms with E-state index in [0.29, 0.717) is 16.6 Å². The molecule has 1 aromatic heterocycles. The molecule has 0 aliphatic rings. The van der Waals surface area contributed by atoms with Crippen molar-refractivity contribution in [2.75, 3.05) is 13.1 Å². The number of carbonyl (C=O) groups excluding carboxylic acids is 2. The maximum atomic E-state index is 12.5. The molecule has 1 aromatic carbocycles. The quantitative estimate of drug-likeness (QED) is 0.166. The van der Waals surface area contributed by atoms with Gasteiger partial charge in [-0.1, -0.05) is 18.7 Å². The molecule has 33 heavy (non-hydrogen) atoms. The van der Waals surface area contributed by atoms with Crippen LogP contribution in [0.1, 0.15) is 5.69 Å². The van der Waals surface area contributed by atoms with Crippen molar-refractivity contribution >= 4 is 29.1 Å². The number of nitrogens with zero attached hydrogens (tertiary/aromatic N) is 2. The van der Waals surface area contributed by atoms with Crippen molar-refractivity contribution in [3.63, 3.8) is 0 Å². The molecule has 180 valence electrons. The summed E-state index contributed by atoms with van der Waals surface area (Å²) in [6.07, 6.45) is -5.19. The summed E-state index contributed by atoms with van der Waals surface area (Å²) in [4.78, 5) is 23.6. The molecule has 0 atom stereocenters. The number of amides is 2. The molecule has 0 spiro atoms. The molecule has 2 amide bonds. The number of ether oxygens (including phenoxy) is 1. The number of hydrogen-bond donors (Lipinski definition) is 2. The zero-order valence-electron chi connectivity index (χ0n) is 17.2. The van der Waals surface area contributed by atoms with Crippen LogP contribution in [0, 0.1) is 6.92 Å². The Morgan fingerprint density at radius 3 is 2.42 bits per heavy atom. The third-order valence-electron chi connectivity index (χ3n) is 3.73. The first-order chi connectivity index (χ1) is 15.3. The summed E-state index contributed by atoms with van der Waals surface area (Å²) in [6, 6.07) is 5.49. The molecule has 0 bridgehead atoms. The van der Waals surface area contributed by atoms with Gasteiger partial charge in [0.05, 0.1) is 12.1 Å². The molecule has 2 rings (SSSR count). The smallest absolute Gasteiger partial charge is 0.406 e. The molecule has 0 aliphatic carbocycles. The molecule has 0 saturated heterocycles. The van der Waals surface area contributed by atoms with Gasteiger partial charge in [-0.2, -0.15) is 13.2 Å². The highest BCUT2D eigenvalue weighted by Crippen LogP contribution is 2.28. The van der Waals surface area contributed by atoms with Gasteiger partial charge in [-0.05, 0) is 31.2 Å². The number of benzene rings is 1. The van der Waals surface area contributed by atoms with Crippen LogP contribution < -0.4 is 15.8 Å². The average molecular weight is 478 g/mol. The first kappa shape index (κ1) is 27.3. The van der Waals surface area contributed by atoms with Crippen LogP contribution in [0.2, 0.25) is 0 Å². The van der Waals surface area contributed by atoms with Gasteiger partial charge in [0.25, 0.3) is 0 Å². The Balaban J connectivity index is 0.00000172. The number of aryl methyl sites for hydroxylation is 1. The topological polar surface area (TPSA) is 98.7 Å². The minimum Gasteiger partial charge on any atom is -0.406 e. The summed E-state index contributed by atoms with van der Waals surface area (Å²) in [7, 11) is 0. The number of fused-ring (bicyclic) bond motifs is 1. The summed E-state index contributed by atoms with van der Waals surface area (Å²) in [6.45, 7) is 4.63. The van der Waals surface area contributed by atoms with Gasteiger partial charge < -0.3 is 15.8 Å². The van der Waals surface area contributed by atoms with E-state index in [9.17, 15) is 31.1 Å². The molecule has 0 aliphatic heterocycles. The lowest BCUT2D eigenvalue weighted by molar-refractivity contribution is -0.274. The SMILES string of the molecule is C=C/C=C\C(=NCCNC(=O)C(F)(F)F)n1c(C)cc2ccc(OC(F)(F)F)cc21.NC=O. The van der Waals surface area contributed by atoms with E-state index in [1.54, 1.807) is 18.3 Å². The van der Waals surface area contributed by atoms with Crippen LogP contribution >= 0.6 is 0 Å². The lowest BCUT2D eigenvalue weighted by atomic mass is 10.2. The van der Waals surface area contributed by atoms with Gasteiger partial charge in [0.15, 0.2) is 0 Å². The summed E-state index contributed by atoms with van der Waals surface area (Å²) in [5.74, 6) is -2.29. The fourth-order valence-corrected chi connectivity index (χ4v) is 2.61. The van der Waals surface area contributed by atoms with Crippen LogP contribution in [0.5, 0.6) is 5.75 Å². The van der Waals surface area contributed by atoms with Crippen molar-refractivity contribution in [1.29, 1.82) is 0 Å². The Kier molecular flexibility index (Phi) is 9.70. The summed E-state index contributed by atoms with van der Waals surface area (Å²) in [5.41, 5.74) is 5.13. The summed E-state index contributed by atoms with van der Waals surface area (Å²) in [5, 5.41) is 2.30. The second-order valence-corrected chi connectivity index (χ2v) is 6.11. The molecule has 3 N–H and O–H groups in total. The highest BCUT2D eigenvalue weighted by Gasteiger charge is 2.38. The summed E-state index contributed by atoms with van der Waals surface area (Å²) < 4.78 is 79.8. The second-order valence-electron chi connectivity index (χ2n) is 6.11. The molecule has 13 heteroatoms. The number of halogens is 6. The number of primary amides is 1. The monoisotopic (exact) mass is 478 g/mol. The normalized spacial score (nSPS) is 12.3. The van der Waals surface area contributed by atoms with Gasteiger partial charge in [-0.25, -0.2) is 0 Å². The van der Waals surface area contributed by atoms with Gasteiger partial charge in [-0.3, -0.25) is 19.1 Å². The molecular formula is C20H20F6N4O3. The maximum absolute atomic E-state index is 12.5. The van der Waals surface area contributed by atoms with Crippen molar-refractivity contribution in [1.82, 2.24) is 9.88 Å². The molecule has 0 unspecified atom stereocenters. The zero-order chi connectivity index (χ0) is 25.2. The third-order valence-corrected chi connectivity index (χ3v) is 3.73. The standard InChI is InChI=1S/C19H17F6N3O2.CH3NO/c1-3-4-5-16(26-8-9-27-17(29)18(20,21)22)28-12(2)10-13-6-7-14(11-15(13)28)30-19(23,24)25;2-1-3/h3-7,10-11H,1,8-9H2,2H3,(H,27,29);1H,(H2,2,3)/b5-4-,26-16?;. The number of alkyl halides is 6. The second kappa shape index (κ2) is 11.7. The molecule has 7 nitrogen and oxygen atoms in total. The van der Waals surface area contributed by atoms with E-state index in [1.807, 2.05) is 0 Å². The average Bonchev–Trinajstić information content (AvgIpc) is 3.01. The van der Waals surface area contributed by atoms with Crippen molar-refractivity contribution in [3.05, 3.63) is 54.8 Å². The number of aliphatic imine (C=N–C) groups is 1. The van der Waals surface area contributed by atoms with Crippen molar-refractivity contribution in [3.8, 4) is 5.75 Å². The van der Waals surface area contributed by atoms with Crippen LogP contribution in [0.15, 0.2) is 54.1 Å². The van der Waals surface area contributed by atoms with Gasteiger partial charge in [0, 0.05) is 23.7 Å². The fraction of sp³-hybridized carbons (Fsp3) is 0.250. The van der Waals surface area contributed by atoms with E-state index in [-0.39, 0.29) is 25.3 Å². The molecule has 1 heterocycles.